The molecule has 1 aliphatic rings. The van der Waals surface area contributed by atoms with Gasteiger partial charge in [-0.3, -0.25) is 0 Å². The summed E-state index contributed by atoms with van der Waals surface area (Å²) in [5.41, 5.74) is 0.617. The zero-order valence-electron chi connectivity index (χ0n) is 12.4. The van der Waals surface area contributed by atoms with Crippen molar-refractivity contribution < 1.29 is 9.31 Å². The van der Waals surface area contributed by atoms with E-state index in [9.17, 15) is 0 Å². The first-order valence-corrected chi connectivity index (χ1v) is 9.51. The second-order valence-electron chi connectivity index (χ2n) is 6.33. The van der Waals surface area contributed by atoms with Crippen molar-refractivity contribution in [3.63, 3.8) is 0 Å². The molecule has 2 nitrogen and oxygen atoms in total. The first kappa shape index (κ1) is 16.0. The van der Waals surface area contributed by atoms with Gasteiger partial charge in [-0.05, 0) is 56.8 Å². The molecule has 21 heavy (non-hydrogen) atoms. The van der Waals surface area contributed by atoms with Gasteiger partial charge < -0.3 is 9.31 Å². The highest BCUT2D eigenvalue weighted by Gasteiger charge is 2.52. The Morgan fingerprint density at radius 2 is 1.67 bits per heavy atom. The second-order valence-corrected chi connectivity index (χ2v) is 10.5. The summed E-state index contributed by atoms with van der Waals surface area (Å²) in [5, 5.41) is 1.23. The molecule has 0 unspecified atom stereocenters. The van der Waals surface area contributed by atoms with Crippen molar-refractivity contribution in [2.24, 2.45) is 0 Å². The number of halogens is 2. The van der Waals surface area contributed by atoms with Crippen LogP contribution < -0.4 is 4.78 Å². The fraction of sp³-hybridized carbons (Fsp3) is 0.467. The third kappa shape index (κ3) is 2.85. The molecule has 1 fully saturated rings. The van der Waals surface area contributed by atoms with Crippen LogP contribution in [0.3, 0.4) is 0 Å². The summed E-state index contributed by atoms with van der Waals surface area (Å²) < 4.78 is 14.8. The molecular weight excluding hydrogens is 415 g/mol. The molecule has 0 N–H and O–H groups in total. The fourth-order valence-corrected chi connectivity index (χ4v) is 3.87. The molecule has 0 bridgehead atoms. The zero-order chi connectivity index (χ0) is 15.4. The molecule has 1 aromatic heterocycles. The van der Waals surface area contributed by atoms with Gasteiger partial charge in [-0.1, -0.05) is 37.9 Å². The normalized spacial score (nSPS) is 20.6. The largest absolute Gasteiger partial charge is 0.505 e. The van der Waals surface area contributed by atoms with Crippen LogP contribution >= 0.6 is 43.2 Å². The maximum absolute atomic E-state index is 6.13. The minimum Gasteiger partial charge on any atom is -0.399 e. The predicted octanol–water partition coefficient (Wildman–Crippen LogP) is 4.99. The molecular formula is C15H17BBr2O2S. The number of rotatable bonds is 2. The van der Waals surface area contributed by atoms with Gasteiger partial charge in [0.25, 0.3) is 0 Å². The zero-order valence-corrected chi connectivity index (χ0v) is 16.4. The van der Waals surface area contributed by atoms with E-state index in [0.717, 1.165) is 4.78 Å². The van der Waals surface area contributed by atoms with Gasteiger partial charge in [0.15, 0.2) is 0 Å². The lowest BCUT2D eigenvalue weighted by molar-refractivity contribution is 0.00578. The molecule has 0 aliphatic carbocycles. The Balaban J connectivity index is 1.96. The van der Waals surface area contributed by atoms with Crippen LogP contribution in [0.25, 0.3) is 10.1 Å². The van der Waals surface area contributed by atoms with Gasteiger partial charge in [-0.25, -0.2) is 0 Å². The van der Waals surface area contributed by atoms with Crippen molar-refractivity contribution in [1.29, 1.82) is 0 Å². The minimum atomic E-state index is -0.296. The van der Waals surface area contributed by atoms with Crippen molar-refractivity contribution in [3.8, 4) is 0 Å². The van der Waals surface area contributed by atoms with E-state index in [4.69, 9.17) is 9.31 Å². The van der Waals surface area contributed by atoms with Gasteiger partial charge in [-0.2, -0.15) is 0 Å². The van der Waals surface area contributed by atoms with E-state index in [0.29, 0.717) is 0 Å². The average Bonchev–Trinajstić information content (AvgIpc) is 2.87. The van der Waals surface area contributed by atoms with Gasteiger partial charge >= 0.3 is 7.12 Å². The Morgan fingerprint density at radius 3 is 2.24 bits per heavy atom. The summed E-state index contributed by atoms with van der Waals surface area (Å²) in [6, 6.07) is 8.64. The molecule has 0 atom stereocenters. The smallest absolute Gasteiger partial charge is 0.399 e. The average molecular weight is 432 g/mol. The summed E-state index contributed by atoms with van der Waals surface area (Å²) in [4.78, 5) is 0. The lowest BCUT2D eigenvalue weighted by Crippen LogP contribution is -2.41. The van der Waals surface area contributed by atoms with Crippen molar-refractivity contribution in [1.82, 2.24) is 0 Å². The van der Waals surface area contributed by atoms with Gasteiger partial charge in [0.1, 0.15) is 0 Å². The summed E-state index contributed by atoms with van der Waals surface area (Å²) >= 11 is 8.82. The molecule has 2 heterocycles. The quantitative estimate of drug-likeness (QED) is 0.492. The summed E-state index contributed by atoms with van der Waals surface area (Å²) in [6.45, 7) is 8.33. The van der Waals surface area contributed by atoms with E-state index in [-0.39, 0.29) is 22.1 Å². The molecule has 0 spiro atoms. The number of alkyl halides is 2. The van der Waals surface area contributed by atoms with E-state index in [1.165, 1.54) is 15.6 Å². The van der Waals surface area contributed by atoms with E-state index in [1.807, 2.05) is 0 Å². The monoisotopic (exact) mass is 430 g/mol. The minimum absolute atomic E-state index is 0.176. The predicted molar refractivity (Wildman–Crippen MR) is 98.1 cm³/mol. The number of hydrogen-bond donors (Lipinski definition) is 0. The number of fused-ring (bicyclic) bond motifs is 1. The third-order valence-electron chi connectivity index (χ3n) is 4.30. The molecule has 1 aliphatic heterocycles. The van der Waals surface area contributed by atoms with E-state index in [2.05, 4.69) is 83.8 Å². The lowest BCUT2D eigenvalue weighted by atomic mass is 9.87. The first-order valence-electron chi connectivity index (χ1n) is 6.87. The Hall–Kier alpha value is 0.125. The maximum Gasteiger partial charge on any atom is 0.505 e. The standard InChI is InChI=1S/C15H17BBr2O2S/c1-14(2)15(3,4)20-16(19-14)12-8-10-7-9(13(17)18)5-6-11(10)21-12/h5-8,13H,1-4H3. The van der Waals surface area contributed by atoms with Crippen LogP contribution in [0.15, 0.2) is 24.3 Å². The highest BCUT2D eigenvalue weighted by Crippen LogP contribution is 2.38. The Kier molecular flexibility index (Phi) is 4.07. The highest BCUT2D eigenvalue weighted by atomic mass is 79.9. The van der Waals surface area contributed by atoms with Crippen molar-refractivity contribution in [2.45, 2.75) is 42.6 Å². The number of thiophene rings is 1. The molecule has 1 aromatic carbocycles. The van der Waals surface area contributed by atoms with Crippen LogP contribution in [0.1, 0.15) is 37.0 Å². The summed E-state index contributed by atoms with van der Waals surface area (Å²) in [7, 11) is -0.278. The van der Waals surface area contributed by atoms with Gasteiger partial charge in [-0.15, -0.1) is 11.3 Å². The topological polar surface area (TPSA) is 18.5 Å². The van der Waals surface area contributed by atoms with Crippen molar-refractivity contribution in [3.05, 3.63) is 29.8 Å². The van der Waals surface area contributed by atoms with Crippen LogP contribution in [0.5, 0.6) is 0 Å². The molecule has 2 aromatic rings. The second kappa shape index (κ2) is 5.34. The number of hydrogen-bond acceptors (Lipinski definition) is 3. The Labute approximate surface area is 146 Å². The van der Waals surface area contributed by atoms with Crippen LogP contribution in [0, 0.1) is 0 Å². The van der Waals surface area contributed by atoms with Gasteiger partial charge in [0.05, 0.1) is 14.9 Å². The van der Waals surface area contributed by atoms with Crippen LogP contribution in [-0.4, -0.2) is 18.3 Å². The Morgan fingerprint density at radius 1 is 1.05 bits per heavy atom. The highest BCUT2D eigenvalue weighted by molar-refractivity contribution is 9.24. The van der Waals surface area contributed by atoms with Crippen LogP contribution in [0.2, 0.25) is 0 Å². The molecule has 112 valence electrons. The van der Waals surface area contributed by atoms with Gasteiger partial charge in [0, 0.05) is 9.48 Å². The van der Waals surface area contributed by atoms with E-state index in [1.54, 1.807) is 11.3 Å². The molecule has 0 amide bonds. The molecule has 3 rings (SSSR count). The van der Waals surface area contributed by atoms with Crippen molar-refractivity contribution in [2.75, 3.05) is 0 Å². The molecule has 0 saturated carbocycles. The van der Waals surface area contributed by atoms with Gasteiger partial charge in [0.2, 0.25) is 0 Å². The van der Waals surface area contributed by atoms with E-state index >= 15 is 0 Å². The van der Waals surface area contributed by atoms with Crippen LogP contribution in [-0.2, 0) is 9.31 Å². The van der Waals surface area contributed by atoms with E-state index < -0.39 is 0 Å². The maximum atomic E-state index is 6.13. The van der Waals surface area contributed by atoms with Crippen molar-refractivity contribution >= 4 is 65.2 Å². The first-order chi connectivity index (χ1) is 9.69. The number of benzene rings is 1. The lowest BCUT2D eigenvalue weighted by Gasteiger charge is -2.32. The van der Waals surface area contributed by atoms with Crippen LogP contribution in [0.4, 0.5) is 0 Å². The third-order valence-corrected chi connectivity index (χ3v) is 6.49. The molecule has 1 saturated heterocycles. The Bertz CT molecular complexity index is 665. The molecule has 0 radical (unpaired) electrons. The summed E-state index contributed by atoms with van der Waals surface area (Å²) in [6.07, 6.45) is 0. The molecule has 6 heteroatoms. The SMILES string of the molecule is CC1(C)OB(c2cc3cc(C(Br)Br)ccc3s2)OC1(C)C. The summed E-state index contributed by atoms with van der Waals surface area (Å²) in [5.74, 6) is 0. The fourth-order valence-electron chi connectivity index (χ4n) is 2.29.